The molecule has 16 heavy (non-hydrogen) atoms. The smallest absolute Gasteiger partial charge is 0.137 e. The summed E-state index contributed by atoms with van der Waals surface area (Å²) in [5.74, 6) is 0.215. The minimum absolute atomic E-state index is 0.215. The SMILES string of the molecule is O=C(CCc1ccccn1)Cc1ccoc1. The number of carbonyl (C=O) groups excluding carboxylic acids is 1. The van der Waals surface area contributed by atoms with Crippen molar-refractivity contribution in [2.45, 2.75) is 19.3 Å². The maximum absolute atomic E-state index is 11.6. The molecule has 0 aliphatic heterocycles. The van der Waals surface area contributed by atoms with Crippen molar-refractivity contribution in [1.29, 1.82) is 0 Å². The minimum Gasteiger partial charge on any atom is -0.472 e. The highest BCUT2D eigenvalue weighted by Crippen LogP contribution is 2.05. The van der Waals surface area contributed by atoms with Crippen molar-refractivity contribution >= 4 is 5.78 Å². The molecule has 0 radical (unpaired) electrons. The fourth-order valence-electron chi connectivity index (χ4n) is 1.52. The molecule has 2 aromatic rings. The van der Waals surface area contributed by atoms with Crippen molar-refractivity contribution in [3.63, 3.8) is 0 Å². The van der Waals surface area contributed by atoms with Gasteiger partial charge in [0.15, 0.2) is 0 Å². The summed E-state index contributed by atoms with van der Waals surface area (Å²) in [4.78, 5) is 15.8. The largest absolute Gasteiger partial charge is 0.472 e. The number of hydrogen-bond donors (Lipinski definition) is 0. The molecule has 0 N–H and O–H groups in total. The number of ketones is 1. The first-order valence-corrected chi connectivity index (χ1v) is 5.27. The second-order valence-electron chi connectivity index (χ2n) is 3.67. The Balaban J connectivity index is 1.80. The van der Waals surface area contributed by atoms with E-state index in [1.54, 1.807) is 18.7 Å². The second-order valence-corrected chi connectivity index (χ2v) is 3.67. The fraction of sp³-hybridized carbons (Fsp3) is 0.231. The van der Waals surface area contributed by atoms with E-state index in [0.29, 0.717) is 19.3 Å². The summed E-state index contributed by atoms with van der Waals surface area (Å²) in [7, 11) is 0. The number of aryl methyl sites for hydroxylation is 1. The summed E-state index contributed by atoms with van der Waals surface area (Å²) >= 11 is 0. The average molecular weight is 215 g/mol. The zero-order chi connectivity index (χ0) is 11.2. The van der Waals surface area contributed by atoms with Gasteiger partial charge in [-0.05, 0) is 30.2 Å². The first-order valence-electron chi connectivity index (χ1n) is 5.27. The van der Waals surface area contributed by atoms with Crippen molar-refractivity contribution in [3.8, 4) is 0 Å². The van der Waals surface area contributed by atoms with Gasteiger partial charge >= 0.3 is 0 Å². The third kappa shape index (κ3) is 3.05. The Labute approximate surface area is 94.1 Å². The molecule has 0 fully saturated rings. The van der Waals surface area contributed by atoms with Crippen LogP contribution in [0.2, 0.25) is 0 Å². The Hall–Kier alpha value is -1.90. The van der Waals surface area contributed by atoms with Gasteiger partial charge in [0.25, 0.3) is 0 Å². The van der Waals surface area contributed by atoms with E-state index in [1.165, 1.54) is 0 Å². The van der Waals surface area contributed by atoms with Gasteiger partial charge in [-0.3, -0.25) is 9.78 Å². The molecule has 2 aromatic heterocycles. The van der Waals surface area contributed by atoms with Crippen LogP contribution in [0.15, 0.2) is 47.4 Å². The Morgan fingerprint density at radius 1 is 1.31 bits per heavy atom. The monoisotopic (exact) mass is 215 g/mol. The zero-order valence-corrected chi connectivity index (χ0v) is 8.93. The number of carbonyl (C=O) groups is 1. The van der Waals surface area contributed by atoms with Gasteiger partial charge in [0.1, 0.15) is 5.78 Å². The molecule has 2 heterocycles. The van der Waals surface area contributed by atoms with Crippen molar-refractivity contribution in [2.24, 2.45) is 0 Å². The Morgan fingerprint density at radius 2 is 2.25 bits per heavy atom. The Kier molecular flexibility index (Phi) is 3.49. The first kappa shape index (κ1) is 10.6. The molecule has 2 rings (SSSR count). The molecule has 0 aromatic carbocycles. The van der Waals surface area contributed by atoms with E-state index in [4.69, 9.17) is 4.42 Å². The van der Waals surface area contributed by atoms with Crippen LogP contribution in [0.4, 0.5) is 0 Å². The Bertz CT molecular complexity index is 434. The number of hydrogen-bond acceptors (Lipinski definition) is 3. The van der Waals surface area contributed by atoms with Gasteiger partial charge in [-0.25, -0.2) is 0 Å². The molecule has 0 bridgehead atoms. The van der Waals surface area contributed by atoms with Gasteiger partial charge in [0, 0.05) is 24.7 Å². The molecule has 3 heteroatoms. The number of Topliss-reactive ketones (excluding diaryl/α,β-unsaturated/α-hetero) is 1. The van der Waals surface area contributed by atoms with E-state index >= 15 is 0 Å². The number of rotatable bonds is 5. The van der Waals surface area contributed by atoms with Crippen molar-refractivity contribution < 1.29 is 9.21 Å². The summed E-state index contributed by atoms with van der Waals surface area (Å²) in [6.45, 7) is 0. The first-order chi connectivity index (χ1) is 7.84. The van der Waals surface area contributed by atoms with Gasteiger partial charge in [-0.15, -0.1) is 0 Å². The quantitative estimate of drug-likeness (QED) is 0.769. The van der Waals surface area contributed by atoms with Gasteiger partial charge in [0.2, 0.25) is 0 Å². The van der Waals surface area contributed by atoms with E-state index in [1.807, 2.05) is 24.3 Å². The molecule has 0 aliphatic carbocycles. The molecule has 0 saturated heterocycles. The lowest BCUT2D eigenvalue weighted by Crippen LogP contribution is -2.04. The summed E-state index contributed by atoms with van der Waals surface area (Å²) in [6, 6.07) is 7.56. The number of nitrogens with zero attached hydrogens (tertiary/aromatic N) is 1. The van der Waals surface area contributed by atoms with Crippen molar-refractivity contribution in [2.75, 3.05) is 0 Å². The summed E-state index contributed by atoms with van der Waals surface area (Å²) < 4.78 is 4.91. The van der Waals surface area contributed by atoms with Crippen LogP contribution in [0.5, 0.6) is 0 Å². The summed E-state index contributed by atoms with van der Waals surface area (Å²) in [5.41, 5.74) is 1.90. The van der Waals surface area contributed by atoms with E-state index in [-0.39, 0.29) is 5.78 Å². The van der Waals surface area contributed by atoms with E-state index in [9.17, 15) is 4.79 Å². The van der Waals surface area contributed by atoms with Crippen LogP contribution < -0.4 is 0 Å². The molecule has 82 valence electrons. The normalized spacial score (nSPS) is 10.2. The molecule has 0 aliphatic rings. The highest BCUT2D eigenvalue weighted by atomic mass is 16.3. The highest BCUT2D eigenvalue weighted by molar-refractivity contribution is 5.80. The molecule has 0 unspecified atom stereocenters. The molecule has 3 nitrogen and oxygen atoms in total. The topological polar surface area (TPSA) is 43.1 Å². The standard InChI is InChI=1S/C13H13NO2/c15-13(9-11-6-8-16-10-11)5-4-12-3-1-2-7-14-12/h1-3,6-8,10H,4-5,9H2. The van der Waals surface area contributed by atoms with Crippen LogP contribution in [-0.2, 0) is 17.6 Å². The maximum atomic E-state index is 11.6. The predicted octanol–water partition coefficient (Wildman–Crippen LogP) is 2.42. The van der Waals surface area contributed by atoms with Crippen LogP contribution in [0.25, 0.3) is 0 Å². The van der Waals surface area contributed by atoms with Crippen LogP contribution in [0, 0.1) is 0 Å². The molecule has 0 saturated carbocycles. The number of aromatic nitrogens is 1. The van der Waals surface area contributed by atoms with E-state index in [0.717, 1.165) is 11.3 Å². The van der Waals surface area contributed by atoms with Crippen LogP contribution >= 0.6 is 0 Å². The summed E-state index contributed by atoms with van der Waals surface area (Å²) in [6.07, 6.45) is 6.62. The van der Waals surface area contributed by atoms with Gasteiger partial charge in [-0.1, -0.05) is 6.07 Å². The van der Waals surface area contributed by atoms with Crippen LogP contribution in [0.3, 0.4) is 0 Å². The zero-order valence-electron chi connectivity index (χ0n) is 8.93. The maximum Gasteiger partial charge on any atom is 0.137 e. The number of pyridine rings is 1. The molecular weight excluding hydrogens is 202 g/mol. The van der Waals surface area contributed by atoms with Crippen LogP contribution in [0.1, 0.15) is 17.7 Å². The van der Waals surface area contributed by atoms with Gasteiger partial charge in [0.05, 0.1) is 12.5 Å². The lowest BCUT2D eigenvalue weighted by atomic mass is 10.1. The third-order valence-corrected chi connectivity index (χ3v) is 2.37. The molecular formula is C13H13NO2. The summed E-state index contributed by atoms with van der Waals surface area (Å²) in [5, 5.41) is 0. The molecule has 0 amide bonds. The van der Waals surface area contributed by atoms with Gasteiger partial charge in [-0.2, -0.15) is 0 Å². The Morgan fingerprint density at radius 3 is 2.94 bits per heavy atom. The highest BCUT2D eigenvalue weighted by Gasteiger charge is 2.05. The number of furan rings is 1. The predicted molar refractivity (Wildman–Crippen MR) is 60.0 cm³/mol. The van der Waals surface area contributed by atoms with Crippen molar-refractivity contribution in [3.05, 3.63) is 54.2 Å². The van der Waals surface area contributed by atoms with Crippen LogP contribution in [-0.4, -0.2) is 10.8 Å². The minimum atomic E-state index is 0.215. The van der Waals surface area contributed by atoms with Crippen molar-refractivity contribution in [1.82, 2.24) is 4.98 Å². The molecule has 0 atom stereocenters. The van der Waals surface area contributed by atoms with E-state index < -0.39 is 0 Å². The fourth-order valence-corrected chi connectivity index (χ4v) is 1.52. The second kappa shape index (κ2) is 5.26. The average Bonchev–Trinajstić information content (AvgIpc) is 2.81. The third-order valence-electron chi connectivity index (χ3n) is 2.37. The molecule has 0 spiro atoms. The van der Waals surface area contributed by atoms with Gasteiger partial charge < -0.3 is 4.42 Å². The lowest BCUT2D eigenvalue weighted by molar-refractivity contribution is -0.118. The van der Waals surface area contributed by atoms with E-state index in [2.05, 4.69) is 4.98 Å². The lowest BCUT2D eigenvalue weighted by Gasteiger charge is -1.99.